The predicted molar refractivity (Wildman–Crippen MR) is 120 cm³/mol. The predicted octanol–water partition coefficient (Wildman–Crippen LogP) is 2.62. The van der Waals surface area contributed by atoms with Crippen LogP contribution >= 0.6 is 35.3 Å². The molecule has 2 N–H and O–H groups in total. The summed E-state index contributed by atoms with van der Waals surface area (Å²) >= 11 is 1.88. The van der Waals surface area contributed by atoms with Crippen molar-refractivity contribution >= 4 is 41.3 Å². The molecule has 1 aliphatic rings. The van der Waals surface area contributed by atoms with Crippen molar-refractivity contribution in [2.24, 2.45) is 4.99 Å². The van der Waals surface area contributed by atoms with Crippen LogP contribution in [0.5, 0.6) is 0 Å². The van der Waals surface area contributed by atoms with Crippen molar-refractivity contribution in [3.05, 3.63) is 21.9 Å². The number of hydrogen-bond donors (Lipinski definition) is 2. The van der Waals surface area contributed by atoms with Gasteiger partial charge >= 0.3 is 0 Å². The van der Waals surface area contributed by atoms with Gasteiger partial charge in [-0.1, -0.05) is 6.92 Å². The van der Waals surface area contributed by atoms with Gasteiger partial charge in [-0.3, -0.25) is 4.99 Å². The zero-order valence-electron chi connectivity index (χ0n) is 15.9. The van der Waals surface area contributed by atoms with E-state index < -0.39 is 0 Å². The smallest absolute Gasteiger partial charge is 0.191 e. The highest BCUT2D eigenvalue weighted by molar-refractivity contribution is 14.0. The Morgan fingerprint density at radius 2 is 1.96 bits per heavy atom. The summed E-state index contributed by atoms with van der Waals surface area (Å²) in [4.78, 5) is 12.1. The second kappa shape index (κ2) is 12.9. The minimum absolute atomic E-state index is 0. The van der Waals surface area contributed by atoms with Gasteiger partial charge in [0.2, 0.25) is 0 Å². The number of guanidine groups is 1. The van der Waals surface area contributed by atoms with Crippen LogP contribution in [-0.2, 0) is 13.0 Å². The third-order valence-corrected chi connectivity index (χ3v) is 5.70. The Morgan fingerprint density at radius 1 is 1.16 bits per heavy atom. The zero-order valence-corrected chi connectivity index (χ0v) is 19.0. The van der Waals surface area contributed by atoms with Crippen LogP contribution < -0.4 is 10.6 Å². The third-order valence-electron chi connectivity index (χ3n) is 4.48. The lowest BCUT2D eigenvalue weighted by molar-refractivity contribution is 0.274. The molecule has 2 rings (SSSR count). The quantitative estimate of drug-likeness (QED) is 0.273. The van der Waals surface area contributed by atoms with E-state index in [2.05, 4.69) is 51.5 Å². The molecule has 0 saturated carbocycles. The van der Waals surface area contributed by atoms with E-state index in [1.54, 1.807) is 0 Å². The number of hydrogen-bond acceptors (Lipinski definition) is 4. The van der Waals surface area contributed by atoms with E-state index in [4.69, 9.17) is 0 Å². The summed E-state index contributed by atoms with van der Waals surface area (Å²) in [5, 5.41) is 6.84. The van der Waals surface area contributed by atoms with Gasteiger partial charge < -0.3 is 20.4 Å². The molecule has 2 heterocycles. The SMILES string of the molecule is CCc1ccc(CNC(=NC)NCCCN2CCCN(C)CC2)s1.I. The van der Waals surface area contributed by atoms with Crippen molar-refractivity contribution in [1.29, 1.82) is 0 Å². The van der Waals surface area contributed by atoms with Gasteiger partial charge in [-0.05, 0) is 58.1 Å². The number of rotatable bonds is 7. The molecule has 0 bridgehead atoms. The molecule has 0 unspecified atom stereocenters. The Balaban J connectivity index is 0.00000312. The molecular formula is C18H34IN5S. The number of aryl methyl sites for hydroxylation is 1. The molecule has 25 heavy (non-hydrogen) atoms. The number of thiophene rings is 1. The van der Waals surface area contributed by atoms with Gasteiger partial charge in [-0.15, -0.1) is 35.3 Å². The number of nitrogens with one attached hydrogen (secondary N) is 2. The first-order valence-corrected chi connectivity index (χ1v) is 9.96. The molecule has 0 atom stereocenters. The van der Waals surface area contributed by atoms with E-state index in [0.29, 0.717) is 0 Å². The van der Waals surface area contributed by atoms with Crippen LogP contribution in [0, 0.1) is 0 Å². The number of nitrogens with zero attached hydrogens (tertiary/aromatic N) is 3. The average molecular weight is 479 g/mol. The summed E-state index contributed by atoms with van der Waals surface area (Å²) in [7, 11) is 4.06. The highest BCUT2D eigenvalue weighted by Crippen LogP contribution is 2.16. The summed E-state index contributed by atoms with van der Waals surface area (Å²) in [6.45, 7) is 10.0. The van der Waals surface area contributed by atoms with Gasteiger partial charge in [-0.25, -0.2) is 0 Å². The van der Waals surface area contributed by atoms with Crippen LogP contribution in [0.25, 0.3) is 0 Å². The Hall–Kier alpha value is -0.380. The fraction of sp³-hybridized carbons (Fsp3) is 0.722. The van der Waals surface area contributed by atoms with Crippen LogP contribution in [0.1, 0.15) is 29.5 Å². The number of aliphatic imine (C=N–C) groups is 1. The van der Waals surface area contributed by atoms with E-state index in [-0.39, 0.29) is 24.0 Å². The fourth-order valence-corrected chi connectivity index (χ4v) is 3.83. The highest BCUT2D eigenvalue weighted by atomic mass is 127. The molecule has 7 heteroatoms. The molecular weight excluding hydrogens is 445 g/mol. The summed E-state index contributed by atoms with van der Waals surface area (Å²) < 4.78 is 0. The molecule has 144 valence electrons. The van der Waals surface area contributed by atoms with Crippen molar-refractivity contribution in [1.82, 2.24) is 20.4 Å². The standard InChI is InChI=1S/C18H33N5S.HI/c1-4-16-7-8-17(24-16)15-21-18(19-2)20-9-5-11-23-12-6-10-22(3)13-14-23;/h7-8H,4-6,9-15H2,1-3H3,(H2,19,20,21);1H. The van der Waals surface area contributed by atoms with Crippen LogP contribution in [0.3, 0.4) is 0 Å². The molecule has 1 aromatic heterocycles. The molecule has 5 nitrogen and oxygen atoms in total. The molecule has 1 aromatic rings. The maximum absolute atomic E-state index is 4.32. The summed E-state index contributed by atoms with van der Waals surface area (Å²) in [5.74, 6) is 0.900. The molecule has 0 spiro atoms. The third kappa shape index (κ3) is 8.70. The Labute approximate surface area is 174 Å². The average Bonchev–Trinajstić information content (AvgIpc) is 2.96. The van der Waals surface area contributed by atoms with Crippen LogP contribution in [0.2, 0.25) is 0 Å². The zero-order chi connectivity index (χ0) is 17.2. The molecule has 0 radical (unpaired) electrons. The summed E-state index contributed by atoms with van der Waals surface area (Å²) in [6.07, 6.45) is 3.56. The maximum Gasteiger partial charge on any atom is 0.191 e. The van der Waals surface area contributed by atoms with Crippen molar-refractivity contribution < 1.29 is 0 Å². The van der Waals surface area contributed by atoms with Gasteiger partial charge in [0.25, 0.3) is 0 Å². The first kappa shape index (κ1) is 22.7. The van der Waals surface area contributed by atoms with Crippen LogP contribution in [0.4, 0.5) is 0 Å². The van der Waals surface area contributed by atoms with E-state index in [1.807, 2.05) is 18.4 Å². The molecule has 1 aliphatic heterocycles. The lowest BCUT2D eigenvalue weighted by Gasteiger charge is -2.20. The normalized spacial score (nSPS) is 17.0. The Morgan fingerprint density at radius 3 is 2.68 bits per heavy atom. The largest absolute Gasteiger partial charge is 0.356 e. The lowest BCUT2D eigenvalue weighted by Crippen LogP contribution is -2.38. The number of halogens is 1. The van der Waals surface area contributed by atoms with Gasteiger partial charge in [0.15, 0.2) is 5.96 Å². The minimum atomic E-state index is 0. The Kier molecular flexibility index (Phi) is 11.7. The fourth-order valence-electron chi connectivity index (χ4n) is 2.93. The first-order chi connectivity index (χ1) is 11.7. The molecule has 1 saturated heterocycles. The number of likely N-dealkylation sites (N-methyl/N-ethyl adjacent to an activating group) is 1. The topological polar surface area (TPSA) is 42.9 Å². The molecule has 0 aliphatic carbocycles. The van der Waals surface area contributed by atoms with E-state index >= 15 is 0 Å². The first-order valence-electron chi connectivity index (χ1n) is 9.14. The van der Waals surface area contributed by atoms with Gasteiger partial charge in [0, 0.05) is 36.4 Å². The molecule has 1 fully saturated rings. The van der Waals surface area contributed by atoms with Gasteiger partial charge in [0.1, 0.15) is 0 Å². The lowest BCUT2D eigenvalue weighted by atomic mass is 10.3. The highest BCUT2D eigenvalue weighted by Gasteiger charge is 2.11. The molecule has 0 aromatic carbocycles. The van der Waals surface area contributed by atoms with Crippen molar-refractivity contribution in [3.8, 4) is 0 Å². The van der Waals surface area contributed by atoms with Gasteiger partial charge in [0.05, 0.1) is 6.54 Å². The summed E-state index contributed by atoms with van der Waals surface area (Å²) in [5.41, 5.74) is 0. The monoisotopic (exact) mass is 479 g/mol. The van der Waals surface area contributed by atoms with E-state index in [1.165, 1.54) is 48.9 Å². The second-order valence-electron chi connectivity index (χ2n) is 6.43. The van der Waals surface area contributed by atoms with Crippen LogP contribution in [-0.4, -0.2) is 69.1 Å². The van der Waals surface area contributed by atoms with Gasteiger partial charge in [-0.2, -0.15) is 0 Å². The van der Waals surface area contributed by atoms with Crippen molar-refractivity contribution in [2.45, 2.75) is 32.7 Å². The second-order valence-corrected chi connectivity index (χ2v) is 7.68. The molecule has 0 amide bonds. The minimum Gasteiger partial charge on any atom is -0.356 e. The maximum atomic E-state index is 4.32. The summed E-state index contributed by atoms with van der Waals surface area (Å²) in [6, 6.07) is 4.43. The van der Waals surface area contributed by atoms with Crippen molar-refractivity contribution in [2.75, 3.05) is 53.4 Å². The van der Waals surface area contributed by atoms with E-state index in [0.717, 1.165) is 31.9 Å². The van der Waals surface area contributed by atoms with Crippen molar-refractivity contribution in [3.63, 3.8) is 0 Å². The Bertz CT molecular complexity index is 505. The van der Waals surface area contributed by atoms with Crippen LogP contribution in [0.15, 0.2) is 17.1 Å². The van der Waals surface area contributed by atoms with E-state index in [9.17, 15) is 0 Å².